The smallest absolute Gasteiger partial charge is 0.224 e. The van der Waals surface area contributed by atoms with Crippen molar-refractivity contribution in [2.24, 2.45) is 11.8 Å². The summed E-state index contributed by atoms with van der Waals surface area (Å²) < 4.78 is 18.4. The number of carbonyl (C=O) groups excluding carboxylic acids is 1. The number of anilines is 1. The highest BCUT2D eigenvalue weighted by Crippen LogP contribution is 2.24. The number of hydrogen-bond donors (Lipinski definition) is 2. The molecule has 0 saturated carbocycles. The Morgan fingerprint density at radius 1 is 1.55 bits per heavy atom. The molecule has 1 heterocycles. The predicted molar refractivity (Wildman–Crippen MR) is 88.2 cm³/mol. The summed E-state index contributed by atoms with van der Waals surface area (Å²) in [4.78, 5) is 12.0. The molecule has 1 aromatic carbocycles. The average molecular weight is 331 g/mol. The van der Waals surface area contributed by atoms with Crippen LogP contribution in [-0.2, 0) is 4.79 Å². The highest BCUT2D eigenvalue weighted by atomic mass is 35.5. The molecule has 4 nitrogen and oxygen atoms in total. The van der Waals surface area contributed by atoms with Gasteiger partial charge in [-0.25, -0.2) is 4.39 Å². The third kappa shape index (κ3) is 5.14. The summed E-state index contributed by atoms with van der Waals surface area (Å²) in [5.74, 6) is 0.491. The highest BCUT2D eigenvalue weighted by Gasteiger charge is 2.22. The molecule has 1 aromatic rings. The van der Waals surface area contributed by atoms with Crippen molar-refractivity contribution in [1.82, 2.24) is 5.32 Å². The molecule has 1 aliphatic rings. The van der Waals surface area contributed by atoms with Crippen LogP contribution in [0.2, 0.25) is 0 Å². The Labute approximate surface area is 137 Å². The van der Waals surface area contributed by atoms with E-state index in [4.69, 9.17) is 4.74 Å². The van der Waals surface area contributed by atoms with E-state index in [0.717, 1.165) is 13.1 Å². The first-order valence-corrected chi connectivity index (χ1v) is 7.44. The van der Waals surface area contributed by atoms with Crippen molar-refractivity contribution < 1.29 is 13.9 Å². The summed E-state index contributed by atoms with van der Waals surface area (Å²) in [7, 11) is 1.41. The van der Waals surface area contributed by atoms with Crippen LogP contribution in [0.15, 0.2) is 18.2 Å². The van der Waals surface area contributed by atoms with Crippen LogP contribution in [-0.4, -0.2) is 26.1 Å². The average Bonchev–Trinajstić information content (AvgIpc) is 2.48. The van der Waals surface area contributed by atoms with Crippen molar-refractivity contribution in [3.05, 3.63) is 24.0 Å². The summed E-state index contributed by atoms with van der Waals surface area (Å²) >= 11 is 0. The minimum Gasteiger partial charge on any atom is -0.494 e. The van der Waals surface area contributed by atoms with Crippen LogP contribution in [0.5, 0.6) is 5.75 Å². The van der Waals surface area contributed by atoms with Gasteiger partial charge in [0.2, 0.25) is 5.91 Å². The lowest BCUT2D eigenvalue weighted by Crippen LogP contribution is -2.34. The molecule has 2 N–H and O–H groups in total. The third-order valence-electron chi connectivity index (χ3n) is 4.08. The lowest BCUT2D eigenvalue weighted by Gasteiger charge is -2.28. The predicted octanol–water partition coefficient (Wildman–Crippen LogP) is 3.22. The molecule has 6 heteroatoms. The van der Waals surface area contributed by atoms with Gasteiger partial charge < -0.3 is 15.4 Å². The lowest BCUT2D eigenvalue weighted by atomic mass is 9.85. The van der Waals surface area contributed by atoms with Gasteiger partial charge in [-0.1, -0.05) is 6.92 Å². The Kier molecular flexibility index (Phi) is 7.62. The van der Waals surface area contributed by atoms with Gasteiger partial charge in [-0.3, -0.25) is 4.79 Å². The van der Waals surface area contributed by atoms with Crippen LogP contribution >= 0.6 is 12.4 Å². The van der Waals surface area contributed by atoms with Gasteiger partial charge in [0.05, 0.1) is 7.11 Å². The van der Waals surface area contributed by atoms with Gasteiger partial charge >= 0.3 is 0 Å². The largest absolute Gasteiger partial charge is 0.494 e. The van der Waals surface area contributed by atoms with Gasteiger partial charge in [0.25, 0.3) is 0 Å². The Hall–Kier alpha value is -1.33. The van der Waals surface area contributed by atoms with Gasteiger partial charge in [0, 0.05) is 18.2 Å². The van der Waals surface area contributed by atoms with Gasteiger partial charge in [-0.15, -0.1) is 12.4 Å². The maximum atomic E-state index is 13.6. The number of nitrogens with one attached hydrogen (secondary N) is 2. The van der Waals surface area contributed by atoms with Crippen molar-refractivity contribution in [1.29, 1.82) is 0 Å². The van der Waals surface area contributed by atoms with E-state index in [1.54, 1.807) is 6.07 Å². The van der Waals surface area contributed by atoms with Crippen LogP contribution in [0.25, 0.3) is 0 Å². The van der Waals surface area contributed by atoms with E-state index in [-0.39, 0.29) is 24.1 Å². The monoisotopic (exact) mass is 330 g/mol. The van der Waals surface area contributed by atoms with Crippen LogP contribution < -0.4 is 15.4 Å². The van der Waals surface area contributed by atoms with Crippen molar-refractivity contribution in [2.45, 2.75) is 26.2 Å². The normalized spacial score (nSPS) is 19.0. The quantitative estimate of drug-likeness (QED) is 0.871. The molecular weight excluding hydrogens is 307 g/mol. The fourth-order valence-electron chi connectivity index (χ4n) is 2.78. The Bertz CT molecular complexity index is 493. The lowest BCUT2D eigenvalue weighted by molar-refractivity contribution is -0.117. The summed E-state index contributed by atoms with van der Waals surface area (Å²) in [6.07, 6.45) is 2.79. The fraction of sp³-hybridized carbons (Fsp3) is 0.562. The standard InChI is InChI=1S/C16H23FN2O2.ClH/c1-11(12-4-3-7-18-10-12)8-16(20)19-13-5-6-15(21-2)14(17)9-13;/h5-6,9,11-12,18H,3-4,7-8,10H2,1-2H3,(H,19,20);1H. The Morgan fingerprint density at radius 3 is 2.91 bits per heavy atom. The molecule has 0 spiro atoms. The third-order valence-corrected chi connectivity index (χ3v) is 4.08. The zero-order chi connectivity index (χ0) is 15.2. The number of hydrogen-bond acceptors (Lipinski definition) is 3. The van der Waals surface area contributed by atoms with Crippen molar-refractivity contribution in [2.75, 3.05) is 25.5 Å². The number of ether oxygens (including phenoxy) is 1. The van der Waals surface area contributed by atoms with E-state index in [1.807, 2.05) is 0 Å². The zero-order valence-electron chi connectivity index (χ0n) is 13.0. The first-order chi connectivity index (χ1) is 10.1. The van der Waals surface area contributed by atoms with Crippen molar-refractivity contribution in [3.8, 4) is 5.75 Å². The molecule has 0 bridgehead atoms. The van der Waals surface area contributed by atoms with Gasteiger partial charge in [-0.2, -0.15) is 0 Å². The van der Waals surface area contributed by atoms with Gasteiger partial charge in [0.1, 0.15) is 0 Å². The summed E-state index contributed by atoms with van der Waals surface area (Å²) in [5.41, 5.74) is 0.465. The molecule has 2 atom stereocenters. The van der Waals surface area contributed by atoms with E-state index in [2.05, 4.69) is 17.6 Å². The number of amides is 1. The highest BCUT2D eigenvalue weighted by molar-refractivity contribution is 5.90. The second kappa shape index (κ2) is 8.96. The molecule has 1 aliphatic heterocycles. The maximum absolute atomic E-state index is 13.6. The molecule has 0 radical (unpaired) electrons. The zero-order valence-corrected chi connectivity index (χ0v) is 13.8. The van der Waals surface area contributed by atoms with Crippen molar-refractivity contribution >= 4 is 24.0 Å². The molecule has 2 unspecified atom stereocenters. The molecule has 124 valence electrons. The maximum Gasteiger partial charge on any atom is 0.224 e. The minimum atomic E-state index is -0.472. The molecule has 1 amide bonds. The topological polar surface area (TPSA) is 50.4 Å². The van der Waals surface area contributed by atoms with Gasteiger partial charge in [0.15, 0.2) is 11.6 Å². The summed E-state index contributed by atoms with van der Waals surface area (Å²) in [6, 6.07) is 4.44. The molecule has 2 rings (SSSR count). The van der Waals surface area contributed by atoms with E-state index in [1.165, 1.54) is 32.1 Å². The molecular formula is C16H24ClFN2O2. The van der Waals surface area contributed by atoms with E-state index in [0.29, 0.717) is 23.9 Å². The number of rotatable bonds is 5. The van der Waals surface area contributed by atoms with E-state index >= 15 is 0 Å². The van der Waals surface area contributed by atoms with Gasteiger partial charge in [-0.05, 0) is 49.9 Å². The Balaban J connectivity index is 0.00000242. The van der Waals surface area contributed by atoms with Crippen LogP contribution in [0, 0.1) is 17.7 Å². The van der Waals surface area contributed by atoms with Crippen LogP contribution in [0.4, 0.5) is 10.1 Å². The van der Waals surface area contributed by atoms with E-state index in [9.17, 15) is 9.18 Å². The number of benzene rings is 1. The van der Waals surface area contributed by atoms with E-state index < -0.39 is 5.82 Å². The van der Waals surface area contributed by atoms with Crippen LogP contribution in [0.1, 0.15) is 26.2 Å². The van der Waals surface area contributed by atoms with Crippen LogP contribution in [0.3, 0.4) is 0 Å². The Morgan fingerprint density at radius 2 is 2.32 bits per heavy atom. The minimum absolute atomic E-state index is 0. The van der Waals surface area contributed by atoms with Crippen molar-refractivity contribution in [3.63, 3.8) is 0 Å². The number of carbonyl (C=O) groups is 1. The second-order valence-corrected chi connectivity index (χ2v) is 5.69. The molecule has 0 aliphatic carbocycles. The number of halogens is 2. The SMILES string of the molecule is COc1ccc(NC(=O)CC(C)C2CCCNC2)cc1F.Cl. The summed E-state index contributed by atoms with van der Waals surface area (Å²) in [6.45, 7) is 4.15. The molecule has 1 saturated heterocycles. The molecule has 22 heavy (non-hydrogen) atoms. The first-order valence-electron chi connectivity index (χ1n) is 7.44. The number of piperidine rings is 1. The molecule has 0 aromatic heterocycles. The second-order valence-electron chi connectivity index (χ2n) is 5.69. The molecule has 1 fully saturated rings. The fourth-order valence-corrected chi connectivity index (χ4v) is 2.78. The number of methoxy groups -OCH3 is 1. The summed E-state index contributed by atoms with van der Waals surface area (Å²) in [5, 5.41) is 6.11. The first kappa shape index (κ1) is 18.7.